The third kappa shape index (κ3) is 2.15. The van der Waals surface area contributed by atoms with Gasteiger partial charge in [0.25, 0.3) is 11.8 Å². The molecule has 0 aliphatic carbocycles. The lowest BCUT2D eigenvalue weighted by Gasteiger charge is -2.19. The van der Waals surface area contributed by atoms with E-state index in [1.54, 1.807) is 7.05 Å². The first-order chi connectivity index (χ1) is 10.0. The number of rotatable bonds is 2. The summed E-state index contributed by atoms with van der Waals surface area (Å²) in [6.07, 6.45) is 2.16. The van der Waals surface area contributed by atoms with Crippen molar-refractivity contribution < 1.29 is 9.59 Å². The highest BCUT2D eigenvalue weighted by Gasteiger charge is 2.40. The number of benzene rings is 1. The summed E-state index contributed by atoms with van der Waals surface area (Å²) in [5.41, 5.74) is 4.24. The van der Waals surface area contributed by atoms with E-state index in [2.05, 4.69) is 11.0 Å². The van der Waals surface area contributed by atoms with Crippen LogP contribution >= 0.6 is 0 Å². The van der Waals surface area contributed by atoms with Gasteiger partial charge in [-0.2, -0.15) is 0 Å². The minimum atomic E-state index is -0.186. The second-order valence-corrected chi connectivity index (χ2v) is 5.91. The Hall–Kier alpha value is -2.10. The maximum atomic E-state index is 12.5. The summed E-state index contributed by atoms with van der Waals surface area (Å²) >= 11 is 0. The summed E-state index contributed by atoms with van der Waals surface area (Å²) < 4.78 is 0. The van der Waals surface area contributed by atoms with Crippen molar-refractivity contribution in [2.75, 3.05) is 20.1 Å². The molecule has 4 nitrogen and oxygen atoms in total. The number of likely N-dealkylation sites (N-methyl/N-ethyl adjacent to an activating group) is 1. The summed E-state index contributed by atoms with van der Waals surface area (Å²) in [4.78, 5) is 28.3. The molecule has 4 heteroatoms. The van der Waals surface area contributed by atoms with Crippen molar-refractivity contribution >= 4 is 17.4 Å². The van der Waals surface area contributed by atoms with Crippen molar-refractivity contribution in [2.45, 2.75) is 26.7 Å². The number of nitrogens with zero attached hydrogens (tertiary/aromatic N) is 2. The Kier molecular flexibility index (Phi) is 3.32. The molecule has 1 fully saturated rings. The summed E-state index contributed by atoms with van der Waals surface area (Å²) in [5.74, 6) is -0.356. The number of amides is 2. The number of likely N-dealkylation sites (tertiary alicyclic amines) is 1. The Morgan fingerprint density at radius 2 is 1.67 bits per heavy atom. The number of carbonyl (C=O) groups excluding carboxylic acids is 2. The molecule has 1 aromatic rings. The van der Waals surface area contributed by atoms with Crippen LogP contribution in [0, 0.1) is 13.8 Å². The van der Waals surface area contributed by atoms with Gasteiger partial charge in [-0.25, -0.2) is 0 Å². The Morgan fingerprint density at radius 1 is 1.00 bits per heavy atom. The zero-order chi connectivity index (χ0) is 15.1. The molecule has 1 saturated heterocycles. The van der Waals surface area contributed by atoms with Gasteiger partial charge in [0.2, 0.25) is 0 Å². The van der Waals surface area contributed by atoms with E-state index in [-0.39, 0.29) is 11.8 Å². The zero-order valence-electron chi connectivity index (χ0n) is 12.8. The minimum Gasteiger partial charge on any atom is -0.366 e. The van der Waals surface area contributed by atoms with Crippen molar-refractivity contribution in [1.82, 2.24) is 9.80 Å². The molecule has 2 aliphatic rings. The Morgan fingerprint density at radius 3 is 2.29 bits per heavy atom. The summed E-state index contributed by atoms with van der Waals surface area (Å²) in [5, 5.41) is 0. The molecule has 0 unspecified atom stereocenters. The van der Waals surface area contributed by atoms with Gasteiger partial charge in [0.05, 0.1) is 5.57 Å². The lowest BCUT2D eigenvalue weighted by Crippen LogP contribution is -2.31. The molecule has 0 aromatic heterocycles. The number of carbonyl (C=O) groups is 2. The lowest BCUT2D eigenvalue weighted by molar-refractivity contribution is -0.135. The van der Waals surface area contributed by atoms with Crippen LogP contribution in [0.1, 0.15) is 29.5 Å². The first kappa shape index (κ1) is 13.9. The smallest absolute Gasteiger partial charge is 0.277 e. The minimum absolute atomic E-state index is 0.170. The van der Waals surface area contributed by atoms with Gasteiger partial charge in [0.1, 0.15) is 5.70 Å². The van der Waals surface area contributed by atoms with Gasteiger partial charge >= 0.3 is 0 Å². The van der Waals surface area contributed by atoms with E-state index in [1.165, 1.54) is 4.90 Å². The summed E-state index contributed by atoms with van der Waals surface area (Å²) in [6, 6.07) is 6.01. The predicted octanol–water partition coefficient (Wildman–Crippen LogP) is 2.11. The Balaban J connectivity index is 2.18. The maximum Gasteiger partial charge on any atom is 0.277 e. The van der Waals surface area contributed by atoms with Crippen LogP contribution < -0.4 is 0 Å². The van der Waals surface area contributed by atoms with E-state index in [4.69, 9.17) is 0 Å². The lowest BCUT2D eigenvalue weighted by atomic mass is 9.97. The molecule has 0 spiro atoms. The fourth-order valence-corrected chi connectivity index (χ4v) is 3.20. The van der Waals surface area contributed by atoms with Gasteiger partial charge in [-0.15, -0.1) is 0 Å². The molecule has 110 valence electrons. The molecule has 0 radical (unpaired) electrons. The largest absolute Gasteiger partial charge is 0.366 e. The van der Waals surface area contributed by atoms with Crippen molar-refractivity contribution in [3.63, 3.8) is 0 Å². The fraction of sp³-hybridized carbons (Fsp3) is 0.412. The molecule has 2 amide bonds. The third-order valence-corrected chi connectivity index (χ3v) is 4.34. The molecule has 0 saturated carbocycles. The van der Waals surface area contributed by atoms with E-state index < -0.39 is 0 Å². The second-order valence-electron chi connectivity index (χ2n) is 5.91. The predicted molar refractivity (Wildman–Crippen MR) is 81.4 cm³/mol. The zero-order valence-corrected chi connectivity index (χ0v) is 12.8. The van der Waals surface area contributed by atoms with E-state index in [0.29, 0.717) is 11.3 Å². The van der Waals surface area contributed by atoms with Gasteiger partial charge in [0, 0.05) is 20.1 Å². The van der Waals surface area contributed by atoms with Gasteiger partial charge in [-0.3, -0.25) is 14.5 Å². The normalized spacial score (nSPS) is 19.2. The Labute approximate surface area is 125 Å². The molecule has 3 rings (SSSR count). The van der Waals surface area contributed by atoms with Crippen molar-refractivity contribution in [3.8, 4) is 0 Å². The molecular weight excluding hydrogens is 264 g/mol. The molecule has 0 atom stereocenters. The second kappa shape index (κ2) is 5.02. The van der Waals surface area contributed by atoms with E-state index in [1.807, 2.05) is 26.0 Å². The first-order valence-electron chi connectivity index (χ1n) is 7.40. The van der Waals surface area contributed by atoms with Crippen molar-refractivity contribution in [3.05, 3.63) is 40.6 Å². The van der Waals surface area contributed by atoms with Crippen LogP contribution in [0.25, 0.3) is 5.57 Å². The van der Waals surface area contributed by atoms with Crippen molar-refractivity contribution in [2.24, 2.45) is 0 Å². The van der Waals surface area contributed by atoms with Gasteiger partial charge < -0.3 is 4.90 Å². The van der Waals surface area contributed by atoms with Crippen LogP contribution in [0.15, 0.2) is 23.9 Å². The third-order valence-electron chi connectivity index (χ3n) is 4.34. The molecule has 2 aliphatic heterocycles. The molecule has 21 heavy (non-hydrogen) atoms. The first-order valence-corrected chi connectivity index (χ1v) is 7.40. The quantitative estimate of drug-likeness (QED) is 0.781. The number of hydrogen-bond donors (Lipinski definition) is 0. The Bertz CT molecular complexity index is 655. The molecule has 1 aromatic carbocycles. The highest BCUT2D eigenvalue weighted by Crippen LogP contribution is 2.34. The van der Waals surface area contributed by atoms with Gasteiger partial charge in [0.15, 0.2) is 0 Å². The SMILES string of the molecule is Cc1ccc(C2=C(N3CCCC3)C(=O)N(C)C2=O)c(C)c1. The summed E-state index contributed by atoms with van der Waals surface area (Å²) in [7, 11) is 1.57. The molecule has 0 bridgehead atoms. The van der Waals surface area contributed by atoms with Crippen molar-refractivity contribution in [1.29, 1.82) is 0 Å². The van der Waals surface area contributed by atoms with E-state index in [9.17, 15) is 9.59 Å². The number of aryl methyl sites for hydroxylation is 2. The highest BCUT2D eigenvalue weighted by atomic mass is 16.2. The summed E-state index contributed by atoms with van der Waals surface area (Å²) in [6.45, 7) is 5.74. The molecular formula is C17H20N2O2. The van der Waals surface area contributed by atoms with E-state index in [0.717, 1.165) is 42.6 Å². The van der Waals surface area contributed by atoms with Crippen LogP contribution in [-0.4, -0.2) is 41.8 Å². The van der Waals surface area contributed by atoms with Gasteiger partial charge in [-0.05, 0) is 37.8 Å². The van der Waals surface area contributed by atoms with Gasteiger partial charge in [-0.1, -0.05) is 23.8 Å². The van der Waals surface area contributed by atoms with Crippen LogP contribution in [0.4, 0.5) is 0 Å². The number of imide groups is 1. The monoisotopic (exact) mass is 284 g/mol. The standard InChI is InChI=1S/C17H20N2O2/c1-11-6-7-13(12(2)10-11)14-15(19-8-4-5-9-19)17(21)18(3)16(14)20/h6-7,10H,4-5,8-9H2,1-3H3. The average molecular weight is 284 g/mol. The van der Waals surface area contributed by atoms with E-state index >= 15 is 0 Å². The molecule has 0 N–H and O–H groups in total. The fourth-order valence-electron chi connectivity index (χ4n) is 3.20. The average Bonchev–Trinajstić information content (AvgIpc) is 3.03. The highest BCUT2D eigenvalue weighted by molar-refractivity contribution is 6.35. The van der Waals surface area contributed by atoms with Crippen LogP contribution in [0.3, 0.4) is 0 Å². The van der Waals surface area contributed by atoms with Crippen LogP contribution in [0.2, 0.25) is 0 Å². The maximum absolute atomic E-state index is 12.5. The molecule has 2 heterocycles. The van der Waals surface area contributed by atoms with Crippen LogP contribution in [0.5, 0.6) is 0 Å². The number of hydrogen-bond acceptors (Lipinski definition) is 3. The topological polar surface area (TPSA) is 40.6 Å². The van der Waals surface area contributed by atoms with Crippen LogP contribution in [-0.2, 0) is 9.59 Å².